The Kier molecular flexibility index (Phi) is 4.57. The third kappa shape index (κ3) is 4.17. The molecule has 2 aromatic heterocycles. The van der Waals surface area contributed by atoms with Gasteiger partial charge < -0.3 is 9.73 Å². The standard InChI is InChI=1S/C12H16N6O2S2/c1-6(2)9-15-16-10(20-9)14-8(19)5-21-12-18-17-11(22-12)13-7-3-4-7/h6-7H,3-5H2,1-2H3,(H,13,17)(H,14,16,19). The maximum atomic E-state index is 11.8. The highest BCUT2D eigenvalue weighted by Crippen LogP contribution is 2.30. The number of carbonyl (C=O) groups is 1. The fraction of sp³-hybridized carbons (Fsp3) is 0.583. The molecule has 0 saturated heterocycles. The van der Waals surface area contributed by atoms with Crippen LogP contribution in [0.25, 0.3) is 0 Å². The van der Waals surface area contributed by atoms with Gasteiger partial charge in [0.1, 0.15) is 0 Å². The quantitative estimate of drug-likeness (QED) is 0.740. The van der Waals surface area contributed by atoms with Gasteiger partial charge in [-0.2, -0.15) is 0 Å². The Morgan fingerprint density at radius 2 is 2.18 bits per heavy atom. The van der Waals surface area contributed by atoms with E-state index in [0.29, 0.717) is 11.9 Å². The third-order valence-electron chi connectivity index (χ3n) is 2.82. The van der Waals surface area contributed by atoms with Crippen LogP contribution in [0.15, 0.2) is 8.76 Å². The zero-order valence-electron chi connectivity index (χ0n) is 12.2. The first kappa shape index (κ1) is 15.2. The SMILES string of the molecule is CC(C)c1nnc(NC(=O)CSc2nnc(NC3CC3)s2)o1. The summed E-state index contributed by atoms with van der Waals surface area (Å²) in [7, 11) is 0. The molecular formula is C12H16N6O2S2. The van der Waals surface area contributed by atoms with Crippen LogP contribution >= 0.6 is 23.1 Å². The molecular weight excluding hydrogens is 324 g/mol. The minimum absolute atomic E-state index is 0.127. The predicted molar refractivity (Wildman–Crippen MR) is 84.3 cm³/mol. The Labute approximate surface area is 135 Å². The van der Waals surface area contributed by atoms with E-state index in [0.717, 1.165) is 9.47 Å². The van der Waals surface area contributed by atoms with Gasteiger partial charge in [0.25, 0.3) is 0 Å². The minimum Gasteiger partial charge on any atom is -0.408 e. The van der Waals surface area contributed by atoms with E-state index in [-0.39, 0.29) is 23.6 Å². The van der Waals surface area contributed by atoms with Crippen LogP contribution in [0.3, 0.4) is 0 Å². The van der Waals surface area contributed by atoms with Crippen molar-refractivity contribution in [2.75, 3.05) is 16.4 Å². The van der Waals surface area contributed by atoms with Crippen molar-refractivity contribution < 1.29 is 9.21 Å². The molecule has 2 aromatic rings. The lowest BCUT2D eigenvalue weighted by Crippen LogP contribution is -2.14. The van der Waals surface area contributed by atoms with Gasteiger partial charge in [-0.1, -0.05) is 42.0 Å². The molecule has 2 heterocycles. The molecule has 0 atom stereocenters. The molecule has 0 aliphatic heterocycles. The summed E-state index contributed by atoms with van der Waals surface area (Å²) in [5.74, 6) is 0.641. The Morgan fingerprint density at radius 3 is 2.86 bits per heavy atom. The van der Waals surface area contributed by atoms with Gasteiger partial charge in [-0.15, -0.1) is 15.3 Å². The molecule has 118 valence electrons. The number of carbonyl (C=O) groups excluding carboxylic acids is 1. The molecule has 22 heavy (non-hydrogen) atoms. The summed E-state index contributed by atoms with van der Waals surface area (Å²) in [6, 6.07) is 0.671. The smallest absolute Gasteiger partial charge is 0.322 e. The van der Waals surface area contributed by atoms with Gasteiger partial charge in [0.15, 0.2) is 4.34 Å². The number of aromatic nitrogens is 4. The van der Waals surface area contributed by atoms with Crippen molar-refractivity contribution in [1.82, 2.24) is 20.4 Å². The van der Waals surface area contributed by atoms with Gasteiger partial charge in [0.05, 0.1) is 5.75 Å². The molecule has 0 spiro atoms. The van der Waals surface area contributed by atoms with Gasteiger partial charge in [0, 0.05) is 12.0 Å². The van der Waals surface area contributed by atoms with Crippen LogP contribution in [0.2, 0.25) is 0 Å². The molecule has 1 aliphatic carbocycles. The van der Waals surface area contributed by atoms with E-state index in [1.807, 2.05) is 13.8 Å². The fourth-order valence-corrected chi connectivity index (χ4v) is 3.16. The van der Waals surface area contributed by atoms with Crippen molar-refractivity contribution in [3.05, 3.63) is 5.89 Å². The zero-order valence-corrected chi connectivity index (χ0v) is 13.8. The molecule has 3 rings (SSSR count). The molecule has 2 N–H and O–H groups in total. The lowest BCUT2D eigenvalue weighted by Gasteiger charge is -1.98. The van der Waals surface area contributed by atoms with Gasteiger partial charge in [-0.3, -0.25) is 10.1 Å². The normalized spacial score (nSPS) is 14.3. The maximum Gasteiger partial charge on any atom is 0.322 e. The van der Waals surface area contributed by atoms with E-state index in [1.165, 1.54) is 35.9 Å². The van der Waals surface area contributed by atoms with Crippen molar-refractivity contribution in [1.29, 1.82) is 0 Å². The van der Waals surface area contributed by atoms with E-state index in [1.54, 1.807) is 0 Å². The van der Waals surface area contributed by atoms with Crippen molar-refractivity contribution in [3.63, 3.8) is 0 Å². The highest BCUT2D eigenvalue weighted by Gasteiger charge is 2.22. The first-order valence-electron chi connectivity index (χ1n) is 6.96. The summed E-state index contributed by atoms with van der Waals surface area (Å²) in [6.45, 7) is 3.88. The number of thioether (sulfide) groups is 1. The van der Waals surface area contributed by atoms with Crippen LogP contribution < -0.4 is 10.6 Å². The Bertz CT molecular complexity index is 652. The number of anilines is 2. The van der Waals surface area contributed by atoms with E-state index in [2.05, 4.69) is 31.0 Å². The molecule has 1 aliphatic rings. The van der Waals surface area contributed by atoms with Crippen LogP contribution in [-0.2, 0) is 4.79 Å². The minimum atomic E-state index is -0.212. The second kappa shape index (κ2) is 6.61. The summed E-state index contributed by atoms with van der Waals surface area (Å²) in [5.41, 5.74) is 0. The van der Waals surface area contributed by atoms with Crippen LogP contribution in [0.1, 0.15) is 38.5 Å². The molecule has 0 aromatic carbocycles. The number of hydrogen-bond donors (Lipinski definition) is 2. The van der Waals surface area contributed by atoms with Crippen molar-refractivity contribution >= 4 is 40.2 Å². The van der Waals surface area contributed by atoms with Gasteiger partial charge in [-0.25, -0.2) is 0 Å². The fourth-order valence-electron chi connectivity index (χ4n) is 1.53. The molecule has 1 fully saturated rings. The highest BCUT2D eigenvalue weighted by molar-refractivity contribution is 8.01. The average Bonchev–Trinajstić information content (AvgIpc) is 2.98. The summed E-state index contributed by atoms with van der Waals surface area (Å²) in [4.78, 5) is 11.8. The highest BCUT2D eigenvalue weighted by atomic mass is 32.2. The summed E-state index contributed by atoms with van der Waals surface area (Å²) < 4.78 is 6.08. The first-order chi connectivity index (χ1) is 10.6. The molecule has 0 radical (unpaired) electrons. The topological polar surface area (TPSA) is 106 Å². The number of hydrogen-bond acceptors (Lipinski definition) is 9. The second-order valence-electron chi connectivity index (χ2n) is 5.23. The third-order valence-corrected chi connectivity index (χ3v) is 4.81. The van der Waals surface area contributed by atoms with E-state index >= 15 is 0 Å². The summed E-state index contributed by atoms with van der Waals surface area (Å²) in [6.07, 6.45) is 2.38. The lowest BCUT2D eigenvalue weighted by molar-refractivity contribution is -0.113. The number of nitrogens with one attached hydrogen (secondary N) is 2. The number of nitrogens with zero attached hydrogens (tertiary/aromatic N) is 4. The average molecular weight is 340 g/mol. The summed E-state index contributed by atoms with van der Waals surface area (Å²) in [5, 5.41) is 22.4. The van der Waals surface area contributed by atoms with Crippen LogP contribution in [0, 0.1) is 0 Å². The predicted octanol–water partition coefficient (Wildman–Crippen LogP) is 2.35. The second-order valence-corrected chi connectivity index (χ2v) is 7.43. The van der Waals surface area contributed by atoms with Crippen molar-refractivity contribution in [2.45, 2.75) is 43.0 Å². The van der Waals surface area contributed by atoms with E-state index < -0.39 is 0 Å². The molecule has 1 amide bonds. The Hall–Kier alpha value is -1.68. The van der Waals surface area contributed by atoms with E-state index in [4.69, 9.17) is 4.42 Å². The largest absolute Gasteiger partial charge is 0.408 e. The number of rotatable bonds is 7. The Balaban J connectivity index is 1.45. The first-order valence-corrected chi connectivity index (χ1v) is 8.76. The van der Waals surface area contributed by atoms with Gasteiger partial charge >= 0.3 is 6.01 Å². The van der Waals surface area contributed by atoms with Gasteiger partial charge in [0.2, 0.25) is 16.9 Å². The molecule has 10 heteroatoms. The Morgan fingerprint density at radius 1 is 1.36 bits per heavy atom. The monoisotopic (exact) mass is 340 g/mol. The molecule has 8 nitrogen and oxygen atoms in total. The van der Waals surface area contributed by atoms with Crippen molar-refractivity contribution in [2.24, 2.45) is 0 Å². The van der Waals surface area contributed by atoms with E-state index in [9.17, 15) is 4.79 Å². The van der Waals surface area contributed by atoms with Crippen LogP contribution in [0.4, 0.5) is 11.1 Å². The van der Waals surface area contributed by atoms with Crippen LogP contribution in [-0.4, -0.2) is 38.1 Å². The molecule has 1 saturated carbocycles. The number of amides is 1. The van der Waals surface area contributed by atoms with Crippen LogP contribution in [0.5, 0.6) is 0 Å². The molecule has 0 unspecified atom stereocenters. The zero-order chi connectivity index (χ0) is 15.5. The lowest BCUT2D eigenvalue weighted by atomic mass is 10.2. The molecule has 0 bridgehead atoms. The summed E-state index contributed by atoms with van der Waals surface area (Å²) >= 11 is 2.79. The van der Waals surface area contributed by atoms with Gasteiger partial charge in [-0.05, 0) is 12.8 Å². The van der Waals surface area contributed by atoms with Crippen molar-refractivity contribution in [3.8, 4) is 0 Å². The maximum absolute atomic E-state index is 11.8.